The fourth-order valence-electron chi connectivity index (χ4n) is 2.26. The number of carboxylic acid groups (broad SMARTS) is 1. The van der Waals surface area contributed by atoms with Crippen molar-refractivity contribution in [2.24, 2.45) is 7.05 Å². The molecule has 2 rings (SSSR count). The van der Waals surface area contributed by atoms with Crippen LogP contribution in [0.5, 0.6) is 0 Å². The molecule has 1 aromatic rings. The zero-order chi connectivity index (χ0) is 14.0. The highest BCUT2D eigenvalue weighted by Crippen LogP contribution is 2.21. The van der Waals surface area contributed by atoms with Crippen LogP contribution in [0, 0.1) is 0 Å². The zero-order valence-corrected chi connectivity index (χ0v) is 11.1. The number of fused-ring (bicyclic) bond motifs is 1. The summed E-state index contributed by atoms with van der Waals surface area (Å²) in [5.41, 5.74) is 1.65. The van der Waals surface area contributed by atoms with Crippen molar-refractivity contribution in [3.05, 3.63) is 17.0 Å². The number of nitrogens with zero attached hydrogens (tertiary/aromatic N) is 3. The Bertz CT molecular complexity index is 509. The molecule has 1 aromatic heterocycles. The highest BCUT2D eigenvalue weighted by atomic mass is 16.4. The second-order valence-electron chi connectivity index (χ2n) is 4.61. The minimum absolute atomic E-state index is 0.103. The molecule has 104 valence electrons. The van der Waals surface area contributed by atoms with E-state index in [1.807, 2.05) is 6.92 Å². The van der Waals surface area contributed by atoms with E-state index in [2.05, 4.69) is 10.4 Å². The number of urea groups is 1. The van der Waals surface area contributed by atoms with Crippen molar-refractivity contribution < 1.29 is 14.7 Å². The van der Waals surface area contributed by atoms with Gasteiger partial charge in [-0.1, -0.05) is 6.92 Å². The lowest BCUT2D eigenvalue weighted by atomic mass is 10.0. The van der Waals surface area contributed by atoms with E-state index in [-0.39, 0.29) is 11.7 Å². The summed E-state index contributed by atoms with van der Waals surface area (Å²) in [6, 6.07) is -0.106. The summed E-state index contributed by atoms with van der Waals surface area (Å²) in [6.45, 7) is 3.57. The SMILES string of the molecule is CCCNC(=O)N1CCc2c(C(=O)O)nn(C)c2C1. The lowest BCUT2D eigenvalue weighted by Gasteiger charge is -2.27. The van der Waals surface area contributed by atoms with Crippen LogP contribution in [0.3, 0.4) is 0 Å². The van der Waals surface area contributed by atoms with Crippen LogP contribution in [-0.4, -0.2) is 44.9 Å². The molecule has 0 spiro atoms. The molecule has 7 heteroatoms. The fraction of sp³-hybridized carbons (Fsp3) is 0.583. The van der Waals surface area contributed by atoms with Gasteiger partial charge < -0.3 is 15.3 Å². The van der Waals surface area contributed by atoms with Gasteiger partial charge in [-0.05, 0) is 12.8 Å². The third kappa shape index (κ3) is 2.54. The number of aromatic nitrogens is 2. The normalized spacial score (nSPS) is 14.1. The van der Waals surface area contributed by atoms with Gasteiger partial charge in [-0.25, -0.2) is 9.59 Å². The summed E-state index contributed by atoms with van der Waals surface area (Å²) < 4.78 is 1.55. The summed E-state index contributed by atoms with van der Waals surface area (Å²) in [7, 11) is 1.71. The number of nitrogens with one attached hydrogen (secondary N) is 1. The molecule has 2 amide bonds. The van der Waals surface area contributed by atoms with Crippen LogP contribution in [0.2, 0.25) is 0 Å². The Morgan fingerprint density at radius 1 is 1.47 bits per heavy atom. The first-order valence-electron chi connectivity index (χ1n) is 6.35. The first kappa shape index (κ1) is 13.4. The third-order valence-electron chi connectivity index (χ3n) is 3.26. The minimum Gasteiger partial charge on any atom is -0.476 e. The number of hydrogen-bond donors (Lipinski definition) is 2. The van der Waals surface area contributed by atoms with Crippen LogP contribution in [0.1, 0.15) is 35.1 Å². The molecule has 1 aliphatic heterocycles. The van der Waals surface area contributed by atoms with Gasteiger partial charge in [0.15, 0.2) is 5.69 Å². The van der Waals surface area contributed by atoms with E-state index < -0.39 is 5.97 Å². The molecular formula is C12H18N4O3. The van der Waals surface area contributed by atoms with E-state index in [4.69, 9.17) is 5.11 Å². The monoisotopic (exact) mass is 266 g/mol. The molecule has 1 aliphatic rings. The van der Waals surface area contributed by atoms with Crippen molar-refractivity contribution in [3.63, 3.8) is 0 Å². The lowest BCUT2D eigenvalue weighted by Crippen LogP contribution is -2.43. The van der Waals surface area contributed by atoms with Gasteiger partial charge in [-0.3, -0.25) is 4.68 Å². The molecule has 0 saturated heterocycles. The van der Waals surface area contributed by atoms with E-state index >= 15 is 0 Å². The first-order chi connectivity index (χ1) is 9.04. The smallest absolute Gasteiger partial charge is 0.356 e. The van der Waals surface area contributed by atoms with Gasteiger partial charge in [0.1, 0.15) is 0 Å². The third-order valence-corrected chi connectivity index (χ3v) is 3.26. The van der Waals surface area contributed by atoms with Crippen molar-refractivity contribution >= 4 is 12.0 Å². The molecule has 7 nitrogen and oxygen atoms in total. The topological polar surface area (TPSA) is 87.5 Å². The number of aryl methyl sites for hydroxylation is 1. The van der Waals surface area contributed by atoms with Crippen molar-refractivity contribution in [2.75, 3.05) is 13.1 Å². The minimum atomic E-state index is -1.01. The molecule has 0 radical (unpaired) electrons. The lowest BCUT2D eigenvalue weighted by molar-refractivity contribution is 0.0688. The fourth-order valence-corrected chi connectivity index (χ4v) is 2.26. The van der Waals surface area contributed by atoms with Gasteiger partial charge in [0.05, 0.1) is 12.2 Å². The quantitative estimate of drug-likeness (QED) is 0.838. The van der Waals surface area contributed by atoms with Gasteiger partial charge in [-0.15, -0.1) is 0 Å². The van der Waals surface area contributed by atoms with Crippen LogP contribution in [0.25, 0.3) is 0 Å². The summed E-state index contributed by atoms with van der Waals surface area (Å²) in [5.74, 6) is -1.01. The van der Waals surface area contributed by atoms with Crippen molar-refractivity contribution in [1.29, 1.82) is 0 Å². The Morgan fingerprint density at radius 3 is 2.84 bits per heavy atom. The van der Waals surface area contributed by atoms with Gasteiger partial charge in [0, 0.05) is 25.7 Å². The first-order valence-corrected chi connectivity index (χ1v) is 6.35. The molecule has 19 heavy (non-hydrogen) atoms. The zero-order valence-electron chi connectivity index (χ0n) is 11.1. The molecule has 0 unspecified atom stereocenters. The van der Waals surface area contributed by atoms with Crippen LogP contribution in [-0.2, 0) is 20.0 Å². The van der Waals surface area contributed by atoms with Gasteiger partial charge in [0.2, 0.25) is 0 Å². The average Bonchev–Trinajstić information content (AvgIpc) is 2.73. The maximum absolute atomic E-state index is 11.9. The summed E-state index contributed by atoms with van der Waals surface area (Å²) in [6.07, 6.45) is 1.42. The Morgan fingerprint density at radius 2 is 2.21 bits per heavy atom. The van der Waals surface area contributed by atoms with Crippen LogP contribution >= 0.6 is 0 Å². The standard InChI is InChI=1S/C12H18N4O3/c1-3-5-13-12(19)16-6-4-8-9(7-16)15(2)14-10(8)11(17)18/h3-7H2,1-2H3,(H,13,19)(H,17,18). The van der Waals surface area contributed by atoms with Crippen molar-refractivity contribution in [2.45, 2.75) is 26.3 Å². The molecular weight excluding hydrogens is 248 g/mol. The van der Waals surface area contributed by atoms with E-state index in [0.29, 0.717) is 26.1 Å². The van der Waals surface area contributed by atoms with Crippen LogP contribution in [0.4, 0.5) is 4.79 Å². The molecule has 2 N–H and O–H groups in total. The molecule has 0 aliphatic carbocycles. The molecule has 0 saturated carbocycles. The predicted molar refractivity (Wildman–Crippen MR) is 68.0 cm³/mol. The van der Waals surface area contributed by atoms with E-state index in [1.54, 1.807) is 16.6 Å². The van der Waals surface area contributed by atoms with Crippen LogP contribution < -0.4 is 5.32 Å². The Kier molecular flexibility index (Phi) is 3.73. The second kappa shape index (κ2) is 5.29. The maximum Gasteiger partial charge on any atom is 0.356 e. The van der Waals surface area contributed by atoms with Gasteiger partial charge >= 0.3 is 12.0 Å². The number of carboxylic acids is 1. The number of carbonyl (C=O) groups is 2. The van der Waals surface area contributed by atoms with Gasteiger partial charge in [0.25, 0.3) is 0 Å². The van der Waals surface area contributed by atoms with Crippen molar-refractivity contribution in [1.82, 2.24) is 20.0 Å². The predicted octanol–water partition coefficient (Wildman–Crippen LogP) is 0.596. The highest BCUT2D eigenvalue weighted by Gasteiger charge is 2.28. The molecule has 2 heterocycles. The largest absolute Gasteiger partial charge is 0.476 e. The summed E-state index contributed by atoms with van der Waals surface area (Å²) in [5, 5.41) is 15.9. The number of amides is 2. The van der Waals surface area contributed by atoms with Crippen LogP contribution in [0.15, 0.2) is 0 Å². The number of rotatable bonds is 3. The number of hydrogen-bond acceptors (Lipinski definition) is 3. The van der Waals surface area contributed by atoms with E-state index in [1.165, 1.54) is 0 Å². The second-order valence-corrected chi connectivity index (χ2v) is 4.61. The average molecular weight is 266 g/mol. The highest BCUT2D eigenvalue weighted by molar-refractivity contribution is 5.87. The molecule has 0 fully saturated rings. The molecule has 0 aromatic carbocycles. The Balaban J connectivity index is 2.16. The molecule has 0 atom stereocenters. The van der Waals surface area contributed by atoms with Crippen molar-refractivity contribution in [3.8, 4) is 0 Å². The summed E-state index contributed by atoms with van der Waals surface area (Å²) in [4.78, 5) is 24.6. The van der Waals surface area contributed by atoms with E-state index in [9.17, 15) is 9.59 Å². The number of aromatic carboxylic acids is 1. The maximum atomic E-state index is 11.9. The van der Waals surface area contributed by atoms with E-state index in [0.717, 1.165) is 17.7 Å². The number of carbonyl (C=O) groups excluding carboxylic acids is 1. The Labute approximate surface area is 111 Å². The summed E-state index contributed by atoms with van der Waals surface area (Å²) >= 11 is 0. The van der Waals surface area contributed by atoms with Gasteiger partial charge in [-0.2, -0.15) is 5.10 Å². The molecule has 0 bridgehead atoms. The Hall–Kier alpha value is -2.05.